The number of allylic oxidation sites excluding steroid dienone is 2. The third kappa shape index (κ3) is 9.07. The number of hydrogen-bond acceptors (Lipinski definition) is 15. The topological polar surface area (TPSA) is 287 Å². The molecular weight excluding hydrogens is 835 g/mol. The van der Waals surface area contributed by atoms with E-state index in [9.17, 15) is 45.1 Å². The van der Waals surface area contributed by atoms with E-state index in [1.54, 1.807) is 36.4 Å². The van der Waals surface area contributed by atoms with Gasteiger partial charge in [-0.25, -0.2) is 35.5 Å². The molecule has 0 fully saturated rings. The van der Waals surface area contributed by atoms with Crippen molar-refractivity contribution < 1.29 is 96.1 Å². The van der Waals surface area contributed by atoms with E-state index < -0.39 is 47.3 Å². The van der Waals surface area contributed by atoms with Gasteiger partial charge >= 0.3 is 29.6 Å². The molecule has 17 nitrogen and oxygen atoms in total. The standard InChI is InChI=1S/C17H13N3O7S2.C16H13N3O4S.Co.Na/c18-29(25,26)9-5-6-13(21)12(7-9)19-20-14-15(22)10-3-1-2-4-11(10)16-17(14)28(23,24)8-27-16;17-24(22,23)11-6-8-14(20)13(9-11)18-19-16-12-4-2-1-3-10(12)5-7-15(16)21;;/h1-7,19,21H,8H2,(H2,18,25,26);1-9,18,20H,(H2,17,22,23);;/q;;;+1/b20-14+;19-16-;;. The number of Topliss-reactive ketones (excluding diaryl/α,β-unsaturated/α-hetero) is 1. The summed E-state index contributed by atoms with van der Waals surface area (Å²) in [6.45, 7) is 0. The molecule has 0 saturated heterocycles. The summed E-state index contributed by atoms with van der Waals surface area (Å²) in [5.41, 5.74) is 6.45. The molecule has 4 aromatic carbocycles. The summed E-state index contributed by atoms with van der Waals surface area (Å²) < 4.78 is 76.0. The van der Waals surface area contributed by atoms with Crippen LogP contribution < -0.4 is 50.7 Å². The summed E-state index contributed by atoms with van der Waals surface area (Å²) in [6, 6.07) is 20.2. The SMILES string of the molecule is NS(=O)(=O)c1ccc(O)c(N/N=C2\C(=O)C=Cc3ccccc32)c1.NS(=O)(=O)c1ccc(O)c(N/N=C2\C(=O)c3ccccc3C3=C2S(=O)(=O)CO3)c1.[Co].[Na+]. The van der Waals surface area contributed by atoms with Gasteiger partial charge in [-0.1, -0.05) is 54.6 Å². The molecule has 4 aromatic rings. The van der Waals surface area contributed by atoms with Crippen molar-refractivity contribution in [1.82, 2.24) is 0 Å². The molecule has 7 rings (SSSR count). The van der Waals surface area contributed by atoms with Crippen molar-refractivity contribution in [2.24, 2.45) is 20.5 Å². The largest absolute Gasteiger partial charge is 1.00 e. The molecule has 0 unspecified atom stereocenters. The third-order valence-electron chi connectivity index (χ3n) is 7.76. The van der Waals surface area contributed by atoms with Gasteiger partial charge in [0, 0.05) is 33.5 Å². The number of carbonyl (C=O) groups is 2. The third-order valence-corrected chi connectivity index (χ3v) is 11.0. The van der Waals surface area contributed by atoms with E-state index in [1.807, 2.05) is 12.1 Å². The molecule has 8 N–H and O–H groups in total. The number of fused-ring (bicyclic) bond motifs is 3. The first-order chi connectivity index (χ1) is 25.0. The zero-order valence-corrected chi connectivity index (χ0v) is 33.6. The number of hydrazone groups is 2. The Labute approximate surface area is 346 Å². The number of nitrogens with one attached hydrogen (secondary N) is 2. The Kier molecular flexibility index (Phi) is 13.0. The van der Waals surface area contributed by atoms with Gasteiger partial charge in [0.2, 0.25) is 41.5 Å². The molecule has 1 aliphatic heterocycles. The first-order valence-corrected chi connectivity index (χ1v) is 19.7. The summed E-state index contributed by atoms with van der Waals surface area (Å²) in [6.07, 6.45) is 3.08. The van der Waals surface area contributed by atoms with Gasteiger partial charge < -0.3 is 14.9 Å². The number of benzene rings is 4. The van der Waals surface area contributed by atoms with Crippen molar-refractivity contribution in [2.45, 2.75) is 9.79 Å². The smallest absolute Gasteiger partial charge is 0.506 e. The number of nitrogens with two attached hydrogens (primary N) is 2. The Hall–Kier alpha value is -4.68. The van der Waals surface area contributed by atoms with Crippen molar-refractivity contribution in [3.05, 3.63) is 118 Å². The Morgan fingerprint density at radius 3 is 1.73 bits per heavy atom. The number of ether oxygens (including phenoxy) is 1. The molecule has 1 radical (unpaired) electrons. The van der Waals surface area contributed by atoms with Crippen molar-refractivity contribution in [3.63, 3.8) is 0 Å². The van der Waals surface area contributed by atoms with Gasteiger partial charge in [0.05, 0.1) is 21.2 Å². The normalized spacial score (nSPS) is 16.7. The molecule has 0 aromatic heterocycles. The average molecular weight is 861 g/mol. The molecule has 0 saturated carbocycles. The van der Waals surface area contributed by atoms with E-state index in [4.69, 9.17) is 15.0 Å². The van der Waals surface area contributed by atoms with Crippen LogP contribution in [0.5, 0.6) is 11.5 Å². The van der Waals surface area contributed by atoms with E-state index >= 15 is 0 Å². The molecule has 0 amide bonds. The number of phenolic OH excluding ortho intramolecular Hbond substituents is 2. The number of phenols is 2. The van der Waals surface area contributed by atoms with Crippen LogP contribution in [-0.2, 0) is 56.2 Å². The van der Waals surface area contributed by atoms with Gasteiger partial charge in [-0.3, -0.25) is 20.4 Å². The van der Waals surface area contributed by atoms with Crippen LogP contribution in [0.25, 0.3) is 11.8 Å². The van der Waals surface area contributed by atoms with Crippen molar-refractivity contribution in [1.29, 1.82) is 0 Å². The number of aromatic hydroxyl groups is 2. The molecule has 3 aliphatic rings. The van der Waals surface area contributed by atoms with Crippen LogP contribution in [0, 0.1) is 0 Å². The second-order valence-electron chi connectivity index (χ2n) is 11.3. The fourth-order valence-corrected chi connectivity index (χ4v) is 7.57. The van der Waals surface area contributed by atoms with Gasteiger partial charge in [0.15, 0.2) is 11.7 Å². The average Bonchev–Trinajstić information content (AvgIpc) is 3.43. The number of anilines is 2. The fourth-order valence-electron chi connectivity index (χ4n) is 5.21. The number of hydrogen-bond donors (Lipinski definition) is 6. The van der Waals surface area contributed by atoms with E-state index in [2.05, 4.69) is 21.1 Å². The first-order valence-electron chi connectivity index (χ1n) is 14.9. The van der Waals surface area contributed by atoms with Crippen molar-refractivity contribution in [2.75, 3.05) is 16.8 Å². The van der Waals surface area contributed by atoms with Gasteiger partial charge in [-0.15, -0.1) is 0 Å². The zero-order chi connectivity index (χ0) is 38.3. The van der Waals surface area contributed by atoms with Crippen LogP contribution in [-0.4, -0.2) is 64.4 Å². The summed E-state index contributed by atoms with van der Waals surface area (Å²) in [5.74, 6) is -2.19. The van der Waals surface area contributed by atoms with Gasteiger partial charge in [-0.2, -0.15) is 10.2 Å². The van der Waals surface area contributed by atoms with E-state index in [-0.39, 0.29) is 107 Å². The number of rotatable bonds is 6. The molecule has 0 spiro atoms. The van der Waals surface area contributed by atoms with Crippen LogP contribution in [0.3, 0.4) is 0 Å². The van der Waals surface area contributed by atoms with Crippen molar-refractivity contribution in [3.8, 4) is 11.5 Å². The van der Waals surface area contributed by atoms with Crippen LogP contribution in [0.4, 0.5) is 11.4 Å². The van der Waals surface area contributed by atoms with Crippen LogP contribution in [0.2, 0.25) is 0 Å². The maximum absolute atomic E-state index is 12.9. The number of primary sulfonamides is 2. The quantitative estimate of drug-likeness (QED) is 0.0790. The molecule has 55 heavy (non-hydrogen) atoms. The number of sulfone groups is 1. The van der Waals surface area contributed by atoms with Gasteiger partial charge in [0.25, 0.3) is 0 Å². The minimum Gasteiger partial charge on any atom is -0.506 e. The Morgan fingerprint density at radius 1 is 0.691 bits per heavy atom. The van der Waals surface area contributed by atoms with Crippen molar-refractivity contribution >= 4 is 76.1 Å². The molecule has 0 bridgehead atoms. The predicted octanol–water partition coefficient (Wildman–Crippen LogP) is -0.772. The molecule has 281 valence electrons. The summed E-state index contributed by atoms with van der Waals surface area (Å²) in [5, 5.41) is 37.8. The monoisotopic (exact) mass is 860 g/mol. The maximum atomic E-state index is 12.9. The fraction of sp³-hybridized carbons (Fsp3) is 0.0303. The first kappa shape index (κ1) is 43.0. The molecule has 22 heteroatoms. The second-order valence-corrected chi connectivity index (χ2v) is 16.3. The zero-order valence-electron chi connectivity index (χ0n) is 28.1. The predicted molar refractivity (Wildman–Crippen MR) is 193 cm³/mol. The van der Waals surface area contributed by atoms with E-state index in [1.165, 1.54) is 24.3 Å². The number of nitrogens with zero attached hydrogens (tertiary/aromatic N) is 2. The number of sulfonamides is 2. The summed E-state index contributed by atoms with van der Waals surface area (Å²) in [7, 11) is -11.9. The number of ketones is 2. The summed E-state index contributed by atoms with van der Waals surface area (Å²) >= 11 is 0. The maximum Gasteiger partial charge on any atom is 1.00 e. The van der Waals surface area contributed by atoms with Gasteiger partial charge in [0.1, 0.15) is 27.9 Å². The molecule has 2 aliphatic carbocycles. The summed E-state index contributed by atoms with van der Waals surface area (Å²) in [4.78, 5) is 24.1. The minimum absolute atomic E-state index is 0. The van der Waals surface area contributed by atoms with Crippen LogP contribution in [0.15, 0.2) is 116 Å². The van der Waals surface area contributed by atoms with Crippen LogP contribution >= 0.6 is 0 Å². The number of carbonyl (C=O) groups excluding carboxylic acids is 2. The second kappa shape index (κ2) is 16.6. The Bertz CT molecular complexity index is 2720. The molecule has 0 atom stereocenters. The van der Waals surface area contributed by atoms with E-state index in [0.29, 0.717) is 11.1 Å². The van der Waals surface area contributed by atoms with Gasteiger partial charge in [-0.05, 0) is 48.0 Å². The molecule has 1 heterocycles. The minimum atomic E-state index is -4.06. The Morgan fingerprint density at radius 2 is 1.18 bits per heavy atom. The molecular formula is C33H26CoN6NaO11S3+. The Balaban J connectivity index is 0.000000240. The van der Waals surface area contributed by atoms with Crippen LogP contribution in [0.1, 0.15) is 27.0 Å². The van der Waals surface area contributed by atoms with E-state index in [0.717, 1.165) is 29.8 Å².